The van der Waals surface area contributed by atoms with Crippen molar-refractivity contribution in [3.63, 3.8) is 0 Å². The average molecular weight is 201 g/mol. The molecular weight excluding hydrogens is 174 g/mol. The zero-order valence-corrected chi connectivity index (χ0v) is 10.3. The van der Waals surface area contributed by atoms with Gasteiger partial charge in [0.1, 0.15) is 0 Å². The Morgan fingerprint density at radius 2 is 1.79 bits per heavy atom. The van der Waals surface area contributed by atoms with Crippen molar-refractivity contribution in [2.75, 3.05) is 13.2 Å². The van der Waals surface area contributed by atoms with Crippen LogP contribution in [0.1, 0.15) is 53.4 Å². The molecule has 0 atom stereocenters. The zero-order valence-electron chi connectivity index (χ0n) is 10.3. The van der Waals surface area contributed by atoms with Crippen LogP contribution in [0.5, 0.6) is 0 Å². The number of hydrogen-bond acceptors (Lipinski definition) is 2. The number of hydrogen-bond donors (Lipinski definition) is 2. The van der Waals surface area contributed by atoms with Gasteiger partial charge in [-0.1, -0.05) is 27.7 Å². The molecule has 86 valence electrons. The van der Waals surface area contributed by atoms with E-state index in [0.717, 1.165) is 19.4 Å². The standard InChI is InChI=1S/C12H27NO/c1-5-11(6-2)13-10-12(3,4)8-7-9-14/h11,13-14H,5-10H2,1-4H3. The van der Waals surface area contributed by atoms with Gasteiger partial charge in [0.25, 0.3) is 0 Å². The van der Waals surface area contributed by atoms with Crippen molar-refractivity contribution in [1.29, 1.82) is 0 Å². The topological polar surface area (TPSA) is 32.3 Å². The SMILES string of the molecule is CCC(CC)NCC(C)(C)CCCO. The summed E-state index contributed by atoms with van der Waals surface area (Å²) in [4.78, 5) is 0. The third kappa shape index (κ3) is 6.39. The van der Waals surface area contributed by atoms with Crippen LogP contribution in [0.25, 0.3) is 0 Å². The molecule has 2 N–H and O–H groups in total. The van der Waals surface area contributed by atoms with E-state index >= 15 is 0 Å². The van der Waals surface area contributed by atoms with E-state index in [4.69, 9.17) is 5.11 Å². The van der Waals surface area contributed by atoms with Gasteiger partial charge in [0, 0.05) is 19.2 Å². The van der Waals surface area contributed by atoms with Gasteiger partial charge in [-0.05, 0) is 31.1 Å². The summed E-state index contributed by atoms with van der Waals surface area (Å²) in [6.07, 6.45) is 4.41. The highest BCUT2D eigenvalue weighted by Crippen LogP contribution is 2.21. The van der Waals surface area contributed by atoms with Gasteiger partial charge in [0.05, 0.1) is 0 Å². The first-order chi connectivity index (χ1) is 6.55. The summed E-state index contributed by atoms with van der Waals surface area (Å²) in [6.45, 7) is 10.3. The Morgan fingerprint density at radius 1 is 1.21 bits per heavy atom. The highest BCUT2D eigenvalue weighted by Gasteiger charge is 2.17. The molecule has 0 heterocycles. The van der Waals surface area contributed by atoms with E-state index in [9.17, 15) is 0 Å². The Morgan fingerprint density at radius 3 is 2.21 bits per heavy atom. The normalized spacial score (nSPS) is 12.4. The van der Waals surface area contributed by atoms with Gasteiger partial charge in [0.15, 0.2) is 0 Å². The molecule has 0 aromatic rings. The first-order valence-electron chi connectivity index (χ1n) is 5.90. The monoisotopic (exact) mass is 201 g/mol. The molecule has 0 radical (unpaired) electrons. The van der Waals surface area contributed by atoms with Crippen molar-refractivity contribution in [3.05, 3.63) is 0 Å². The smallest absolute Gasteiger partial charge is 0.0431 e. The summed E-state index contributed by atoms with van der Waals surface area (Å²) in [5.41, 5.74) is 0.311. The molecule has 0 aliphatic rings. The maximum atomic E-state index is 8.78. The fourth-order valence-corrected chi connectivity index (χ4v) is 1.64. The summed E-state index contributed by atoms with van der Waals surface area (Å²) >= 11 is 0. The van der Waals surface area contributed by atoms with E-state index in [1.54, 1.807) is 0 Å². The van der Waals surface area contributed by atoms with Crippen LogP contribution in [0, 0.1) is 5.41 Å². The molecule has 2 nitrogen and oxygen atoms in total. The predicted octanol–water partition coefficient (Wildman–Crippen LogP) is 2.56. The van der Waals surface area contributed by atoms with Crippen LogP contribution < -0.4 is 5.32 Å². The molecule has 0 aliphatic heterocycles. The van der Waals surface area contributed by atoms with Crippen LogP contribution in [0.4, 0.5) is 0 Å². The molecule has 0 fully saturated rings. The molecule has 0 bridgehead atoms. The highest BCUT2D eigenvalue weighted by atomic mass is 16.2. The second-order valence-electron chi connectivity index (χ2n) is 4.89. The van der Waals surface area contributed by atoms with E-state index in [2.05, 4.69) is 33.0 Å². The quantitative estimate of drug-likeness (QED) is 0.632. The maximum absolute atomic E-state index is 8.78. The Bertz CT molecular complexity index is 130. The van der Waals surface area contributed by atoms with Crippen LogP contribution in [0.3, 0.4) is 0 Å². The number of nitrogens with one attached hydrogen (secondary N) is 1. The lowest BCUT2D eigenvalue weighted by Crippen LogP contribution is -2.36. The first-order valence-corrected chi connectivity index (χ1v) is 5.90. The molecule has 0 aliphatic carbocycles. The maximum Gasteiger partial charge on any atom is 0.0431 e. The molecular formula is C12H27NO. The van der Waals surface area contributed by atoms with Gasteiger partial charge in [0.2, 0.25) is 0 Å². The third-order valence-electron chi connectivity index (χ3n) is 2.87. The first kappa shape index (κ1) is 13.9. The lowest BCUT2D eigenvalue weighted by atomic mass is 9.87. The molecule has 0 amide bonds. The third-order valence-corrected chi connectivity index (χ3v) is 2.87. The van der Waals surface area contributed by atoms with E-state index in [-0.39, 0.29) is 0 Å². The number of rotatable bonds is 8. The summed E-state index contributed by atoms with van der Waals surface area (Å²) < 4.78 is 0. The number of aliphatic hydroxyl groups is 1. The van der Waals surface area contributed by atoms with Crippen molar-refractivity contribution in [2.24, 2.45) is 5.41 Å². The van der Waals surface area contributed by atoms with Crippen LogP contribution in [-0.2, 0) is 0 Å². The summed E-state index contributed by atoms with van der Waals surface area (Å²) in [7, 11) is 0. The lowest BCUT2D eigenvalue weighted by Gasteiger charge is -2.27. The van der Waals surface area contributed by atoms with Crippen molar-refractivity contribution < 1.29 is 5.11 Å². The summed E-state index contributed by atoms with van der Waals surface area (Å²) in [5.74, 6) is 0. The number of aliphatic hydroxyl groups excluding tert-OH is 1. The highest BCUT2D eigenvalue weighted by molar-refractivity contribution is 4.74. The van der Waals surface area contributed by atoms with Gasteiger partial charge in [-0.15, -0.1) is 0 Å². The van der Waals surface area contributed by atoms with Crippen LogP contribution in [-0.4, -0.2) is 24.3 Å². The minimum absolute atomic E-state index is 0.311. The van der Waals surface area contributed by atoms with E-state index in [1.807, 2.05) is 0 Å². The van der Waals surface area contributed by atoms with Crippen LogP contribution in [0.2, 0.25) is 0 Å². The summed E-state index contributed by atoms with van der Waals surface area (Å²) in [6, 6.07) is 0.656. The van der Waals surface area contributed by atoms with Gasteiger partial charge in [-0.2, -0.15) is 0 Å². The molecule has 0 aromatic carbocycles. The Balaban J connectivity index is 3.72. The van der Waals surface area contributed by atoms with Gasteiger partial charge >= 0.3 is 0 Å². The second-order valence-corrected chi connectivity index (χ2v) is 4.89. The lowest BCUT2D eigenvalue weighted by molar-refractivity contribution is 0.230. The second kappa shape index (κ2) is 7.24. The van der Waals surface area contributed by atoms with E-state index in [0.29, 0.717) is 18.1 Å². The largest absolute Gasteiger partial charge is 0.396 e. The van der Waals surface area contributed by atoms with E-state index in [1.165, 1.54) is 12.8 Å². The fraction of sp³-hybridized carbons (Fsp3) is 1.00. The Kier molecular flexibility index (Phi) is 7.20. The Labute approximate surface area is 89.1 Å². The van der Waals surface area contributed by atoms with Crippen LogP contribution in [0.15, 0.2) is 0 Å². The molecule has 0 aromatic heterocycles. The molecule has 0 rings (SSSR count). The Hall–Kier alpha value is -0.0800. The van der Waals surface area contributed by atoms with Crippen molar-refractivity contribution in [1.82, 2.24) is 5.32 Å². The van der Waals surface area contributed by atoms with Crippen molar-refractivity contribution >= 4 is 0 Å². The summed E-state index contributed by atoms with van der Waals surface area (Å²) in [5, 5.41) is 12.4. The van der Waals surface area contributed by atoms with Gasteiger partial charge in [-0.25, -0.2) is 0 Å². The zero-order chi connectivity index (χ0) is 11.0. The average Bonchev–Trinajstić information content (AvgIpc) is 2.16. The molecule has 0 unspecified atom stereocenters. The van der Waals surface area contributed by atoms with E-state index < -0.39 is 0 Å². The molecule has 0 saturated carbocycles. The predicted molar refractivity (Wildman–Crippen MR) is 62.5 cm³/mol. The molecule has 14 heavy (non-hydrogen) atoms. The van der Waals surface area contributed by atoms with Gasteiger partial charge < -0.3 is 10.4 Å². The molecule has 0 spiro atoms. The van der Waals surface area contributed by atoms with Crippen molar-refractivity contribution in [2.45, 2.75) is 59.4 Å². The van der Waals surface area contributed by atoms with Gasteiger partial charge in [-0.3, -0.25) is 0 Å². The minimum atomic E-state index is 0.311. The molecule has 2 heteroatoms. The van der Waals surface area contributed by atoms with Crippen molar-refractivity contribution in [3.8, 4) is 0 Å². The minimum Gasteiger partial charge on any atom is -0.396 e. The van der Waals surface area contributed by atoms with Crippen LogP contribution >= 0.6 is 0 Å². The molecule has 0 saturated heterocycles. The fourth-order valence-electron chi connectivity index (χ4n) is 1.64.